The summed E-state index contributed by atoms with van der Waals surface area (Å²) < 4.78 is 1.97. The summed E-state index contributed by atoms with van der Waals surface area (Å²) in [7, 11) is 5.39. The zero-order valence-corrected chi connectivity index (χ0v) is 13.2. The molecular weight excluding hydrogens is 284 g/mol. The fourth-order valence-corrected chi connectivity index (χ4v) is 2.40. The Balaban J connectivity index is 2.60. The largest absolute Gasteiger partial charge is 0.383 e. The molecule has 0 radical (unpaired) electrons. The first-order valence-electron chi connectivity index (χ1n) is 7.00. The van der Waals surface area contributed by atoms with Gasteiger partial charge in [0.15, 0.2) is 11.6 Å². The zero-order chi connectivity index (χ0) is 16.3. The molecule has 0 aliphatic rings. The lowest BCUT2D eigenvalue weighted by Crippen LogP contribution is -2.25. The highest BCUT2D eigenvalue weighted by atomic mass is 16.1. The standard InChI is InChI=1S/C13H22N8O/c1-7(22)18-5-6-21-10-8(19-13(21)17-4)11(14)20-12(16-3)9(10)15-2/h15H,5-6H2,1-4H3,(H,17,19)(H,18,22)(H3,14,16,20). The van der Waals surface area contributed by atoms with Crippen LogP contribution in [0.3, 0.4) is 0 Å². The molecule has 2 heterocycles. The second-order valence-electron chi connectivity index (χ2n) is 4.74. The SMILES string of the molecule is CNc1nc(N)c2nc(NC)n(CCNC(C)=O)c2c1NC. The lowest BCUT2D eigenvalue weighted by atomic mass is 10.3. The molecule has 120 valence electrons. The minimum Gasteiger partial charge on any atom is -0.383 e. The molecule has 0 unspecified atom stereocenters. The molecule has 9 nitrogen and oxygen atoms in total. The molecule has 0 aliphatic heterocycles. The first-order chi connectivity index (χ1) is 10.5. The number of amides is 1. The molecule has 0 saturated carbocycles. The molecule has 2 aromatic heterocycles. The first kappa shape index (κ1) is 15.7. The van der Waals surface area contributed by atoms with Gasteiger partial charge in [0, 0.05) is 41.2 Å². The van der Waals surface area contributed by atoms with Crippen LogP contribution in [-0.4, -0.2) is 48.1 Å². The van der Waals surface area contributed by atoms with Crippen LogP contribution in [0.1, 0.15) is 6.92 Å². The van der Waals surface area contributed by atoms with Crippen molar-refractivity contribution in [1.29, 1.82) is 0 Å². The Morgan fingerprint density at radius 1 is 1.18 bits per heavy atom. The normalized spacial score (nSPS) is 10.5. The van der Waals surface area contributed by atoms with Crippen molar-refractivity contribution >= 4 is 40.2 Å². The maximum absolute atomic E-state index is 11.1. The van der Waals surface area contributed by atoms with Crippen molar-refractivity contribution in [3.05, 3.63) is 0 Å². The molecule has 0 aliphatic carbocycles. The molecule has 22 heavy (non-hydrogen) atoms. The smallest absolute Gasteiger partial charge is 0.216 e. The number of carbonyl (C=O) groups excluding carboxylic acids is 1. The molecule has 6 N–H and O–H groups in total. The van der Waals surface area contributed by atoms with Gasteiger partial charge in [-0.3, -0.25) is 4.79 Å². The molecule has 9 heteroatoms. The van der Waals surface area contributed by atoms with E-state index in [2.05, 4.69) is 31.2 Å². The Kier molecular flexibility index (Phi) is 4.54. The number of nitrogens with one attached hydrogen (secondary N) is 4. The predicted molar refractivity (Wildman–Crippen MR) is 89.3 cm³/mol. The lowest BCUT2D eigenvalue weighted by Gasteiger charge is -2.14. The third-order valence-electron chi connectivity index (χ3n) is 3.34. The number of nitrogens with two attached hydrogens (primary N) is 1. The summed E-state index contributed by atoms with van der Waals surface area (Å²) >= 11 is 0. The second kappa shape index (κ2) is 6.37. The van der Waals surface area contributed by atoms with E-state index in [1.165, 1.54) is 6.92 Å². The van der Waals surface area contributed by atoms with Gasteiger partial charge in [0.05, 0.1) is 0 Å². The highest BCUT2D eigenvalue weighted by Crippen LogP contribution is 2.34. The third-order valence-corrected chi connectivity index (χ3v) is 3.34. The van der Waals surface area contributed by atoms with E-state index in [-0.39, 0.29) is 5.91 Å². The van der Waals surface area contributed by atoms with Gasteiger partial charge in [0.2, 0.25) is 11.9 Å². The van der Waals surface area contributed by atoms with Gasteiger partial charge in [0.25, 0.3) is 0 Å². The number of carbonyl (C=O) groups is 1. The van der Waals surface area contributed by atoms with Crippen molar-refractivity contribution in [1.82, 2.24) is 19.9 Å². The molecule has 2 rings (SSSR count). The summed E-state index contributed by atoms with van der Waals surface area (Å²) in [6, 6.07) is 0. The van der Waals surface area contributed by atoms with E-state index in [0.29, 0.717) is 36.2 Å². The van der Waals surface area contributed by atoms with E-state index in [1.807, 2.05) is 11.6 Å². The summed E-state index contributed by atoms with van der Waals surface area (Å²) in [5.74, 6) is 1.60. The van der Waals surface area contributed by atoms with Gasteiger partial charge in [0.1, 0.15) is 16.7 Å². The lowest BCUT2D eigenvalue weighted by molar-refractivity contribution is -0.118. The summed E-state index contributed by atoms with van der Waals surface area (Å²) in [5, 5.41) is 12.0. The van der Waals surface area contributed by atoms with Gasteiger partial charge >= 0.3 is 0 Å². The van der Waals surface area contributed by atoms with E-state index in [1.54, 1.807) is 14.1 Å². The van der Waals surface area contributed by atoms with E-state index >= 15 is 0 Å². The number of hydrogen-bond donors (Lipinski definition) is 5. The van der Waals surface area contributed by atoms with Crippen molar-refractivity contribution in [3.8, 4) is 0 Å². The number of anilines is 4. The van der Waals surface area contributed by atoms with Gasteiger partial charge in [-0.25, -0.2) is 9.97 Å². The number of rotatable bonds is 6. The molecule has 0 bridgehead atoms. The minimum atomic E-state index is -0.0682. The van der Waals surface area contributed by atoms with Gasteiger partial charge in [-0.2, -0.15) is 0 Å². The van der Waals surface area contributed by atoms with Gasteiger partial charge < -0.3 is 31.6 Å². The maximum atomic E-state index is 11.1. The fraction of sp³-hybridized carbons (Fsp3) is 0.462. The molecule has 0 saturated heterocycles. The zero-order valence-electron chi connectivity index (χ0n) is 13.2. The molecule has 0 atom stereocenters. The number of imidazole rings is 1. The summed E-state index contributed by atoms with van der Waals surface area (Å²) in [4.78, 5) is 19.9. The number of nitrogens with zero attached hydrogens (tertiary/aromatic N) is 3. The fourth-order valence-electron chi connectivity index (χ4n) is 2.40. The monoisotopic (exact) mass is 306 g/mol. The van der Waals surface area contributed by atoms with Crippen LogP contribution in [0.5, 0.6) is 0 Å². The molecule has 0 aromatic carbocycles. The number of hydrogen-bond acceptors (Lipinski definition) is 7. The van der Waals surface area contributed by atoms with Gasteiger partial charge in [-0.1, -0.05) is 0 Å². The van der Waals surface area contributed by atoms with Gasteiger partial charge in [-0.15, -0.1) is 0 Å². The Morgan fingerprint density at radius 3 is 2.45 bits per heavy atom. The molecule has 0 fully saturated rings. The number of nitrogen functional groups attached to an aromatic ring is 1. The number of fused-ring (bicyclic) bond motifs is 1. The van der Waals surface area contributed by atoms with E-state index in [4.69, 9.17) is 5.73 Å². The number of aromatic nitrogens is 3. The highest BCUT2D eigenvalue weighted by molar-refractivity contribution is 6.01. The van der Waals surface area contributed by atoms with Crippen LogP contribution in [0.15, 0.2) is 0 Å². The number of pyridine rings is 1. The van der Waals surface area contributed by atoms with E-state index < -0.39 is 0 Å². The van der Waals surface area contributed by atoms with E-state index in [0.717, 1.165) is 11.2 Å². The Bertz CT molecular complexity index is 693. The Labute approximate surface area is 128 Å². The highest BCUT2D eigenvalue weighted by Gasteiger charge is 2.19. The first-order valence-corrected chi connectivity index (χ1v) is 7.00. The average molecular weight is 306 g/mol. The van der Waals surface area contributed by atoms with Gasteiger partial charge in [-0.05, 0) is 0 Å². The van der Waals surface area contributed by atoms with Crippen molar-refractivity contribution in [2.45, 2.75) is 13.5 Å². The summed E-state index contributed by atoms with van der Waals surface area (Å²) in [6.07, 6.45) is 0. The Morgan fingerprint density at radius 2 is 1.91 bits per heavy atom. The van der Waals surface area contributed by atoms with Crippen LogP contribution in [0.25, 0.3) is 11.0 Å². The Hall–Kier alpha value is -2.71. The van der Waals surface area contributed by atoms with Crippen LogP contribution < -0.4 is 27.0 Å². The summed E-state index contributed by atoms with van der Waals surface area (Å²) in [6.45, 7) is 2.55. The van der Waals surface area contributed by atoms with Crippen LogP contribution in [0, 0.1) is 0 Å². The van der Waals surface area contributed by atoms with Crippen LogP contribution in [-0.2, 0) is 11.3 Å². The minimum absolute atomic E-state index is 0.0682. The molecule has 1 amide bonds. The summed E-state index contributed by atoms with van der Waals surface area (Å²) in [5.41, 5.74) is 8.29. The predicted octanol–water partition coefficient (Wildman–Crippen LogP) is 0.275. The molecule has 0 spiro atoms. The second-order valence-corrected chi connectivity index (χ2v) is 4.74. The topological polar surface area (TPSA) is 122 Å². The van der Waals surface area contributed by atoms with Crippen molar-refractivity contribution in [2.24, 2.45) is 0 Å². The molecule has 2 aromatic rings. The quantitative estimate of drug-likeness (QED) is 0.519. The van der Waals surface area contributed by atoms with Crippen LogP contribution >= 0.6 is 0 Å². The van der Waals surface area contributed by atoms with Crippen molar-refractivity contribution in [3.63, 3.8) is 0 Å². The van der Waals surface area contributed by atoms with E-state index in [9.17, 15) is 4.79 Å². The molecular formula is C13H22N8O. The van der Waals surface area contributed by atoms with Crippen LogP contribution in [0.4, 0.5) is 23.3 Å². The van der Waals surface area contributed by atoms with Crippen LogP contribution in [0.2, 0.25) is 0 Å². The maximum Gasteiger partial charge on any atom is 0.216 e. The third kappa shape index (κ3) is 2.69. The average Bonchev–Trinajstić information content (AvgIpc) is 2.86. The van der Waals surface area contributed by atoms with Crippen molar-refractivity contribution < 1.29 is 4.79 Å². The van der Waals surface area contributed by atoms with Crippen molar-refractivity contribution in [2.75, 3.05) is 49.4 Å².